The highest BCUT2D eigenvalue weighted by Gasteiger charge is 2.05. The summed E-state index contributed by atoms with van der Waals surface area (Å²) in [4.78, 5) is 2.11. The van der Waals surface area contributed by atoms with E-state index in [1.54, 1.807) is 17.8 Å². The van der Waals surface area contributed by atoms with Gasteiger partial charge in [0.2, 0.25) is 0 Å². The van der Waals surface area contributed by atoms with Gasteiger partial charge in [-0.2, -0.15) is 0 Å². The normalized spacial score (nSPS) is 10.5. The van der Waals surface area contributed by atoms with Crippen LogP contribution in [0.25, 0.3) is 0 Å². The molecule has 0 atom stereocenters. The predicted molar refractivity (Wildman–Crippen MR) is 79.1 cm³/mol. The molecule has 0 fully saturated rings. The second-order valence-electron chi connectivity index (χ2n) is 3.37. The summed E-state index contributed by atoms with van der Waals surface area (Å²) in [5.74, 6) is 0. The molecule has 0 saturated heterocycles. The molecule has 0 aliphatic carbocycles. The maximum absolute atomic E-state index is 5.97. The first-order chi connectivity index (χ1) is 8.06. The Morgan fingerprint density at radius 1 is 1.00 bits per heavy atom. The van der Waals surface area contributed by atoms with E-state index < -0.39 is 0 Å². The Morgan fingerprint density at radius 2 is 1.76 bits per heavy atom. The van der Waals surface area contributed by atoms with Crippen LogP contribution >= 0.6 is 50.9 Å². The minimum absolute atomic E-state index is 0.559. The van der Waals surface area contributed by atoms with Crippen LogP contribution in [-0.2, 0) is 0 Å². The molecule has 2 aromatic rings. The van der Waals surface area contributed by atoms with Gasteiger partial charge >= 0.3 is 0 Å². The van der Waals surface area contributed by atoms with Crippen molar-refractivity contribution in [2.45, 2.75) is 9.79 Å². The largest absolute Gasteiger partial charge is 0.399 e. The third-order valence-electron chi connectivity index (χ3n) is 2.07. The summed E-state index contributed by atoms with van der Waals surface area (Å²) in [5.41, 5.74) is 6.42. The van der Waals surface area contributed by atoms with Gasteiger partial charge in [0.1, 0.15) is 0 Å². The van der Waals surface area contributed by atoms with E-state index in [1.807, 2.05) is 30.3 Å². The summed E-state index contributed by atoms with van der Waals surface area (Å²) in [7, 11) is 0. The first-order valence-corrected chi connectivity index (χ1v) is 7.11. The number of anilines is 1. The first-order valence-electron chi connectivity index (χ1n) is 4.74. The van der Waals surface area contributed by atoms with E-state index in [0.717, 1.165) is 20.0 Å². The Hall–Kier alpha value is -0.350. The van der Waals surface area contributed by atoms with E-state index in [2.05, 4.69) is 15.9 Å². The second-order valence-corrected chi connectivity index (χ2v) is 6.15. The molecule has 0 unspecified atom stereocenters. The van der Waals surface area contributed by atoms with Gasteiger partial charge in [-0.05, 0) is 52.3 Å². The lowest BCUT2D eigenvalue weighted by Crippen LogP contribution is -1.84. The molecule has 1 nitrogen and oxygen atoms in total. The van der Waals surface area contributed by atoms with Gasteiger partial charge in [0.05, 0.1) is 10.0 Å². The van der Waals surface area contributed by atoms with Crippen molar-refractivity contribution < 1.29 is 0 Å². The van der Waals surface area contributed by atoms with Crippen molar-refractivity contribution in [2.75, 3.05) is 5.73 Å². The molecule has 0 aromatic heterocycles. The molecule has 0 amide bonds. The lowest BCUT2D eigenvalue weighted by Gasteiger charge is -2.06. The highest BCUT2D eigenvalue weighted by molar-refractivity contribution is 9.10. The van der Waals surface area contributed by atoms with Crippen molar-refractivity contribution in [3.8, 4) is 0 Å². The van der Waals surface area contributed by atoms with Crippen LogP contribution in [0.4, 0.5) is 5.69 Å². The molecule has 17 heavy (non-hydrogen) atoms. The molecule has 0 heterocycles. The molecule has 0 saturated carbocycles. The zero-order valence-electron chi connectivity index (χ0n) is 8.58. The molecular formula is C12H8BrCl2NS. The lowest BCUT2D eigenvalue weighted by atomic mass is 10.3. The second kappa shape index (κ2) is 5.53. The average molecular weight is 349 g/mol. The van der Waals surface area contributed by atoms with Gasteiger partial charge in [0, 0.05) is 20.0 Å². The van der Waals surface area contributed by atoms with Crippen LogP contribution in [0.5, 0.6) is 0 Å². The number of hydrogen-bond donors (Lipinski definition) is 1. The summed E-state index contributed by atoms with van der Waals surface area (Å²) >= 11 is 16.9. The Morgan fingerprint density at radius 3 is 2.41 bits per heavy atom. The molecule has 0 spiro atoms. The molecule has 88 valence electrons. The number of rotatable bonds is 2. The van der Waals surface area contributed by atoms with Crippen LogP contribution in [0.15, 0.2) is 50.7 Å². The highest BCUT2D eigenvalue weighted by Crippen LogP contribution is 2.36. The smallest absolute Gasteiger partial charge is 0.0603 e. The van der Waals surface area contributed by atoms with E-state index in [4.69, 9.17) is 28.9 Å². The fraction of sp³-hybridized carbons (Fsp3) is 0. The first kappa shape index (κ1) is 13.1. The number of hydrogen-bond acceptors (Lipinski definition) is 2. The molecule has 0 aliphatic rings. The molecule has 2 N–H and O–H groups in total. The van der Waals surface area contributed by atoms with Gasteiger partial charge in [-0.25, -0.2) is 0 Å². The Balaban J connectivity index is 2.28. The quantitative estimate of drug-likeness (QED) is 0.726. The maximum atomic E-state index is 5.97. The van der Waals surface area contributed by atoms with Crippen molar-refractivity contribution in [1.29, 1.82) is 0 Å². The molecule has 0 aliphatic heterocycles. The summed E-state index contributed by atoms with van der Waals surface area (Å²) in [6, 6.07) is 11.3. The van der Waals surface area contributed by atoms with Crippen molar-refractivity contribution in [3.05, 3.63) is 50.9 Å². The molecule has 0 radical (unpaired) electrons. The van der Waals surface area contributed by atoms with Gasteiger partial charge in [-0.1, -0.05) is 35.0 Å². The Kier molecular flexibility index (Phi) is 4.26. The van der Waals surface area contributed by atoms with Gasteiger partial charge < -0.3 is 5.73 Å². The van der Waals surface area contributed by atoms with Crippen LogP contribution in [0, 0.1) is 0 Å². The van der Waals surface area contributed by atoms with Crippen LogP contribution in [0.1, 0.15) is 0 Å². The van der Waals surface area contributed by atoms with Gasteiger partial charge in [-0.3, -0.25) is 0 Å². The molecule has 0 bridgehead atoms. The lowest BCUT2D eigenvalue weighted by molar-refractivity contribution is 1.37. The Labute approximate surface area is 122 Å². The van der Waals surface area contributed by atoms with E-state index in [1.165, 1.54) is 0 Å². The highest BCUT2D eigenvalue weighted by atomic mass is 79.9. The number of benzene rings is 2. The van der Waals surface area contributed by atoms with E-state index >= 15 is 0 Å². The van der Waals surface area contributed by atoms with Gasteiger partial charge in [0.25, 0.3) is 0 Å². The molecule has 2 aromatic carbocycles. The summed E-state index contributed by atoms with van der Waals surface area (Å²) in [6.07, 6.45) is 0. The SMILES string of the molecule is Nc1ccc(Sc2ccc(Cl)c(Cl)c2)c(Br)c1. The summed E-state index contributed by atoms with van der Waals surface area (Å²) < 4.78 is 0.966. The van der Waals surface area contributed by atoms with Crippen molar-refractivity contribution in [2.24, 2.45) is 0 Å². The predicted octanol–water partition coefficient (Wildman–Crippen LogP) is 5.49. The topological polar surface area (TPSA) is 26.0 Å². The zero-order valence-corrected chi connectivity index (χ0v) is 12.5. The fourth-order valence-corrected chi connectivity index (χ4v) is 3.13. The minimum Gasteiger partial charge on any atom is -0.399 e. The summed E-state index contributed by atoms with van der Waals surface area (Å²) in [6.45, 7) is 0. The zero-order chi connectivity index (χ0) is 12.4. The van der Waals surface area contributed by atoms with Crippen LogP contribution in [-0.4, -0.2) is 0 Å². The Bertz CT molecular complexity index is 560. The fourth-order valence-electron chi connectivity index (χ4n) is 1.27. The average Bonchev–Trinajstić information content (AvgIpc) is 2.27. The number of halogens is 3. The summed E-state index contributed by atoms with van der Waals surface area (Å²) in [5, 5.41) is 1.12. The van der Waals surface area contributed by atoms with Crippen molar-refractivity contribution >= 4 is 56.6 Å². The van der Waals surface area contributed by atoms with Gasteiger partial charge in [-0.15, -0.1) is 0 Å². The standard InChI is InChI=1S/C12H8BrCl2NS/c13-9-5-7(16)1-4-12(9)17-8-2-3-10(14)11(15)6-8/h1-6H,16H2. The van der Waals surface area contributed by atoms with Crippen LogP contribution < -0.4 is 5.73 Å². The van der Waals surface area contributed by atoms with E-state index in [0.29, 0.717) is 10.0 Å². The third kappa shape index (κ3) is 3.32. The maximum Gasteiger partial charge on any atom is 0.0603 e. The van der Waals surface area contributed by atoms with E-state index in [-0.39, 0.29) is 0 Å². The van der Waals surface area contributed by atoms with Crippen LogP contribution in [0.3, 0.4) is 0 Å². The minimum atomic E-state index is 0.559. The van der Waals surface area contributed by atoms with Gasteiger partial charge in [0.15, 0.2) is 0 Å². The third-order valence-corrected chi connectivity index (χ3v) is 4.80. The number of nitrogens with two attached hydrogens (primary N) is 1. The van der Waals surface area contributed by atoms with Crippen molar-refractivity contribution in [1.82, 2.24) is 0 Å². The molecule has 5 heteroatoms. The van der Waals surface area contributed by atoms with Crippen LogP contribution in [0.2, 0.25) is 10.0 Å². The molecular weight excluding hydrogens is 341 g/mol. The van der Waals surface area contributed by atoms with E-state index in [9.17, 15) is 0 Å². The monoisotopic (exact) mass is 347 g/mol. The van der Waals surface area contributed by atoms with Crippen molar-refractivity contribution in [3.63, 3.8) is 0 Å². The number of nitrogen functional groups attached to an aromatic ring is 1. The molecule has 2 rings (SSSR count).